The number of Topliss-reactive ketones (excluding diaryl/α,β-unsaturated/α-hetero) is 1. The van der Waals surface area contributed by atoms with Crippen LogP contribution < -0.4 is 0 Å². The summed E-state index contributed by atoms with van der Waals surface area (Å²) in [5.74, 6) is 1.32. The number of carbonyl (C=O) groups is 1. The Hall–Kier alpha value is -0.410. The molecule has 2 rings (SSSR count). The molecule has 2 fully saturated rings. The van der Waals surface area contributed by atoms with Gasteiger partial charge < -0.3 is 9.84 Å². The molecule has 2 saturated carbocycles. The molecule has 1 N–H and O–H groups in total. The summed E-state index contributed by atoms with van der Waals surface area (Å²) < 4.78 is 6.09. The molecule has 4 unspecified atom stereocenters. The van der Waals surface area contributed by atoms with Crippen LogP contribution in [0, 0.1) is 23.2 Å². The van der Waals surface area contributed by atoms with E-state index in [1.165, 1.54) is 0 Å². The minimum Gasteiger partial charge on any atom is -0.390 e. The predicted molar refractivity (Wildman–Crippen MR) is 95.4 cm³/mol. The maximum atomic E-state index is 12.2. The third kappa shape index (κ3) is 4.57. The number of hydrogen-bond acceptors (Lipinski definition) is 3. The molecule has 3 nitrogen and oxygen atoms in total. The van der Waals surface area contributed by atoms with Gasteiger partial charge in [0.15, 0.2) is 0 Å². The topological polar surface area (TPSA) is 46.5 Å². The van der Waals surface area contributed by atoms with E-state index in [0.29, 0.717) is 18.3 Å². The van der Waals surface area contributed by atoms with Gasteiger partial charge in [0.2, 0.25) is 0 Å². The van der Waals surface area contributed by atoms with E-state index < -0.39 is 5.60 Å². The molecule has 0 aromatic carbocycles. The van der Waals surface area contributed by atoms with Crippen molar-refractivity contribution >= 4 is 5.78 Å². The fraction of sp³-hybridized carbons (Fsp3) is 0.950. The van der Waals surface area contributed by atoms with Crippen molar-refractivity contribution in [2.45, 2.75) is 92.3 Å². The van der Waals surface area contributed by atoms with Crippen molar-refractivity contribution < 1.29 is 14.6 Å². The van der Waals surface area contributed by atoms with Gasteiger partial charge >= 0.3 is 0 Å². The van der Waals surface area contributed by atoms with E-state index in [1.807, 2.05) is 34.6 Å². The van der Waals surface area contributed by atoms with Gasteiger partial charge in [-0.2, -0.15) is 0 Å². The van der Waals surface area contributed by atoms with Crippen molar-refractivity contribution in [2.75, 3.05) is 6.61 Å². The Labute approximate surface area is 143 Å². The van der Waals surface area contributed by atoms with Crippen LogP contribution in [0.15, 0.2) is 0 Å². The Morgan fingerprint density at radius 3 is 2.48 bits per heavy atom. The van der Waals surface area contributed by atoms with Gasteiger partial charge in [-0.3, -0.25) is 4.79 Å². The van der Waals surface area contributed by atoms with Crippen LogP contribution in [0.4, 0.5) is 0 Å². The monoisotopic (exact) mass is 326 g/mol. The van der Waals surface area contributed by atoms with Gasteiger partial charge in [0.05, 0.1) is 18.3 Å². The molecule has 3 heteroatoms. The molecule has 0 aliphatic heterocycles. The van der Waals surface area contributed by atoms with E-state index in [1.54, 1.807) is 0 Å². The van der Waals surface area contributed by atoms with Gasteiger partial charge in [0.1, 0.15) is 5.78 Å². The molecule has 0 bridgehead atoms. The first-order valence-electron chi connectivity index (χ1n) is 9.53. The molecule has 0 saturated heterocycles. The molecule has 5 atom stereocenters. The third-order valence-corrected chi connectivity index (χ3v) is 6.32. The average Bonchev–Trinajstić information content (AvgIpc) is 2.84. The fourth-order valence-corrected chi connectivity index (χ4v) is 4.36. The zero-order valence-corrected chi connectivity index (χ0v) is 16.3. The molecule has 0 aromatic heterocycles. The van der Waals surface area contributed by atoms with Gasteiger partial charge in [-0.1, -0.05) is 27.7 Å². The van der Waals surface area contributed by atoms with Crippen LogP contribution >= 0.6 is 0 Å². The van der Waals surface area contributed by atoms with Gasteiger partial charge in [-0.15, -0.1) is 0 Å². The lowest BCUT2D eigenvalue weighted by molar-refractivity contribution is -0.132. The zero-order chi connectivity index (χ0) is 17.8. The van der Waals surface area contributed by atoms with Crippen LogP contribution in [0.2, 0.25) is 0 Å². The lowest BCUT2D eigenvalue weighted by Gasteiger charge is -2.42. The van der Waals surface area contributed by atoms with E-state index in [0.717, 1.165) is 32.1 Å². The predicted octanol–water partition coefficient (Wildman–Crippen LogP) is 4.61. The summed E-state index contributed by atoms with van der Waals surface area (Å²) in [6.07, 6.45) is 5.27. The highest BCUT2D eigenvalue weighted by Crippen LogP contribution is 2.55. The van der Waals surface area contributed by atoms with Crippen molar-refractivity contribution in [2.24, 2.45) is 23.2 Å². The van der Waals surface area contributed by atoms with Crippen LogP contribution in [0.1, 0.15) is 80.6 Å². The van der Waals surface area contributed by atoms with Crippen molar-refractivity contribution in [3.8, 4) is 0 Å². The first kappa shape index (κ1) is 20.6. The molecule has 0 heterocycles. The first-order valence-corrected chi connectivity index (χ1v) is 9.53. The summed E-state index contributed by atoms with van der Waals surface area (Å²) in [7, 11) is 0. The van der Waals surface area contributed by atoms with E-state index in [2.05, 4.69) is 13.8 Å². The van der Waals surface area contributed by atoms with Gasteiger partial charge in [-0.05, 0) is 57.8 Å². The summed E-state index contributed by atoms with van der Waals surface area (Å²) in [6.45, 7) is 14.7. The highest BCUT2D eigenvalue weighted by molar-refractivity contribution is 5.83. The van der Waals surface area contributed by atoms with Crippen molar-refractivity contribution in [3.05, 3.63) is 0 Å². The minimum atomic E-state index is -0.706. The number of aliphatic hydroxyl groups is 1. The van der Waals surface area contributed by atoms with Crippen LogP contribution in [0.5, 0.6) is 0 Å². The Kier molecular flexibility index (Phi) is 7.28. The van der Waals surface area contributed by atoms with Crippen molar-refractivity contribution in [1.29, 1.82) is 0 Å². The second-order valence-electron chi connectivity index (χ2n) is 8.16. The second-order valence-corrected chi connectivity index (χ2v) is 8.16. The Bertz CT molecular complexity index is 385. The number of rotatable bonds is 5. The van der Waals surface area contributed by atoms with Crippen LogP contribution in [-0.4, -0.2) is 29.2 Å². The second kappa shape index (κ2) is 8.11. The molecule has 0 amide bonds. The summed E-state index contributed by atoms with van der Waals surface area (Å²) in [5.41, 5.74) is -0.574. The normalized spacial score (nSPS) is 33.5. The molecule has 2 aliphatic rings. The lowest BCUT2D eigenvalue weighted by atomic mass is 9.64. The van der Waals surface area contributed by atoms with Crippen molar-refractivity contribution in [3.63, 3.8) is 0 Å². The number of fused-ring (bicyclic) bond motifs is 1. The average molecular weight is 327 g/mol. The SMILES string of the molecule is CC.CC(OC[C@H](C)C(C)(C)O)C1CCC2C(=O)CCCC21C. The summed E-state index contributed by atoms with van der Waals surface area (Å²) >= 11 is 0. The maximum absolute atomic E-state index is 12.2. The zero-order valence-electron chi connectivity index (χ0n) is 16.3. The van der Waals surface area contributed by atoms with E-state index >= 15 is 0 Å². The Morgan fingerprint density at radius 1 is 1.30 bits per heavy atom. The number of hydrogen-bond donors (Lipinski definition) is 1. The third-order valence-electron chi connectivity index (χ3n) is 6.32. The quantitative estimate of drug-likeness (QED) is 0.802. The van der Waals surface area contributed by atoms with Crippen LogP contribution in [0.3, 0.4) is 0 Å². The van der Waals surface area contributed by atoms with E-state index in [4.69, 9.17) is 4.74 Å². The highest BCUT2D eigenvalue weighted by atomic mass is 16.5. The van der Waals surface area contributed by atoms with Crippen molar-refractivity contribution in [1.82, 2.24) is 0 Å². The number of ketones is 1. The maximum Gasteiger partial charge on any atom is 0.136 e. The molecular formula is C20H38O3. The Balaban J connectivity index is 0.00000127. The molecule has 23 heavy (non-hydrogen) atoms. The van der Waals surface area contributed by atoms with E-state index in [-0.39, 0.29) is 23.4 Å². The number of carbonyl (C=O) groups excluding carboxylic acids is 1. The lowest BCUT2D eigenvalue weighted by Crippen LogP contribution is -2.42. The highest BCUT2D eigenvalue weighted by Gasteiger charge is 2.52. The summed E-state index contributed by atoms with van der Waals surface area (Å²) in [6, 6.07) is 0. The number of ether oxygens (including phenoxy) is 1. The van der Waals surface area contributed by atoms with Gasteiger partial charge in [0.25, 0.3) is 0 Å². The minimum absolute atomic E-state index is 0.109. The van der Waals surface area contributed by atoms with Crippen LogP contribution in [0.25, 0.3) is 0 Å². The van der Waals surface area contributed by atoms with E-state index in [9.17, 15) is 9.90 Å². The summed E-state index contributed by atoms with van der Waals surface area (Å²) in [5, 5.41) is 10.0. The Morgan fingerprint density at radius 2 is 1.91 bits per heavy atom. The van der Waals surface area contributed by atoms with Gasteiger partial charge in [-0.25, -0.2) is 0 Å². The molecular weight excluding hydrogens is 288 g/mol. The smallest absolute Gasteiger partial charge is 0.136 e. The standard InChI is InChI=1S/C18H32O3.C2H6/c1-12(17(3,4)20)11-21-13(2)14-8-9-15-16(19)7-6-10-18(14,15)5;1-2/h12-15,20H,6-11H2,1-5H3;1-2H3/t12-,13?,14?,15?,18?;/m0./s1. The van der Waals surface area contributed by atoms with Gasteiger partial charge in [0, 0.05) is 18.3 Å². The van der Waals surface area contributed by atoms with Crippen LogP contribution in [-0.2, 0) is 9.53 Å². The molecule has 0 spiro atoms. The fourth-order valence-electron chi connectivity index (χ4n) is 4.36. The molecule has 2 aliphatic carbocycles. The molecule has 136 valence electrons. The largest absolute Gasteiger partial charge is 0.390 e. The molecule has 0 radical (unpaired) electrons. The first-order chi connectivity index (χ1) is 10.7. The molecule has 0 aromatic rings. The summed E-state index contributed by atoms with van der Waals surface area (Å²) in [4.78, 5) is 12.2.